The molecule has 0 fully saturated rings. The summed E-state index contributed by atoms with van der Waals surface area (Å²) in [6, 6.07) is 8.78. The average Bonchev–Trinajstić information content (AvgIpc) is 3.06. The first kappa shape index (κ1) is 18.1. The molecule has 0 aliphatic heterocycles. The molecule has 2 atom stereocenters. The largest absolute Gasteiger partial charge is 0.468 e. The maximum Gasteiger partial charge on any atom is 0.332 e. The van der Waals surface area contributed by atoms with Gasteiger partial charge in [0, 0.05) is 12.8 Å². The van der Waals surface area contributed by atoms with Gasteiger partial charge in [0.05, 0.1) is 14.2 Å². The molecule has 1 aromatic carbocycles. The number of hydrogen-bond acceptors (Lipinski definition) is 7. The van der Waals surface area contributed by atoms with Gasteiger partial charge in [-0.2, -0.15) is 0 Å². The first-order chi connectivity index (χ1) is 11.5. The van der Waals surface area contributed by atoms with Gasteiger partial charge in [0.15, 0.2) is 11.9 Å². The van der Waals surface area contributed by atoms with Crippen molar-refractivity contribution in [3.8, 4) is 0 Å². The Hall–Kier alpha value is -2.29. The quantitative estimate of drug-likeness (QED) is 0.513. The zero-order chi connectivity index (χ0) is 17.5. The van der Waals surface area contributed by atoms with E-state index in [1.807, 2.05) is 30.3 Å². The van der Waals surface area contributed by atoms with Gasteiger partial charge in [-0.15, -0.1) is 15.0 Å². The van der Waals surface area contributed by atoms with Crippen LogP contribution in [0.4, 0.5) is 0 Å². The number of carbonyl (C=O) groups excluding carboxylic acids is 2. The normalized spacial score (nSPS) is 13.1. The lowest BCUT2D eigenvalue weighted by Crippen LogP contribution is -2.29. The molecule has 0 bridgehead atoms. The first-order valence-electron chi connectivity index (χ1n) is 7.17. The van der Waals surface area contributed by atoms with Crippen LogP contribution in [0.25, 0.3) is 0 Å². The summed E-state index contributed by atoms with van der Waals surface area (Å²) in [6.45, 7) is 0. The Morgan fingerprint density at radius 2 is 1.83 bits per heavy atom. The Bertz CT molecular complexity index is 692. The monoisotopic (exact) mass is 396 g/mol. The molecule has 0 spiro atoms. The van der Waals surface area contributed by atoms with Crippen LogP contribution in [0.1, 0.15) is 23.9 Å². The maximum absolute atomic E-state index is 12.0. The van der Waals surface area contributed by atoms with E-state index in [9.17, 15) is 9.59 Å². The van der Waals surface area contributed by atoms with Crippen molar-refractivity contribution in [1.29, 1.82) is 0 Å². The van der Waals surface area contributed by atoms with Crippen molar-refractivity contribution in [3.63, 3.8) is 0 Å². The second-order valence-electron chi connectivity index (χ2n) is 4.95. The summed E-state index contributed by atoms with van der Waals surface area (Å²) >= 11 is 3.19. The highest BCUT2D eigenvalue weighted by atomic mass is 79.9. The van der Waals surface area contributed by atoms with E-state index < -0.39 is 22.8 Å². The van der Waals surface area contributed by atoms with Crippen LogP contribution < -0.4 is 0 Å². The average molecular weight is 397 g/mol. The molecule has 24 heavy (non-hydrogen) atoms. The van der Waals surface area contributed by atoms with E-state index in [1.54, 1.807) is 0 Å². The fourth-order valence-electron chi connectivity index (χ4n) is 2.08. The topological polar surface area (TPSA) is 96.2 Å². The molecule has 1 aromatic heterocycles. The standard InChI is InChI=1S/C15H17BrN4O4/c1-23-14(21)11(16)9-12(15(22)24-2)20-18-13(17-19-20)8-10-6-4-3-5-7-10/h3-7,11-12H,8-9H2,1-2H3. The number of esters is 2. The molecule has 0 aliphatic rings. The molecule has 9 heteroatoms. The van der Waals surface area contributed by atoms with Crippen LogP contribution in [-0.2, 0) is 25.5 Å². The van der Waals surface area contributed by atoms with E-state index in [0.717, 1.165) is 5.56 Å². The predicted molar refractivity (Wildman–Crippen MR) is 87.5 cm³/mol. The molecule has 0 N–H and O–H groups in total. The third-order valence-electron chi connectivity index (χ3n) is 3.31. The van der Waals surface area contributed by atoms with Gasteiger partial charge in [-0.25, -0.2) is 4.79 Å². The van der Waals surface area contributed by atoms with E-state index in [-0.39, 0.29) is 6.42 Å². The molecule has 128 valence electrons. The van der Waals surface area contributed by atoms with Crippen LogP contribution >= 0.6 is 15.9 Å². The van der Waals surface area contributed by atoms with Crippen molar-refractivity contribution < 1.29 is 19.1 Å². The molecule has 0 saturated carbocycles. The minimum atomic E-state index is -0.879. The van der Waals surface area contributed by atoms with Gasteiger partial charge >= 0.3 is 11.9 Å². The van der Waals surface area contributed by atoms with Crippen LogP contribution in [0.3, 0.4) is 0 Å². The lowest BCUT2D eigenvalue weighted by molar-refractivity contribution is -0.146. The second-order valence-corrected chi connectivity index (χ2v) is 6.06. The Morgan fingerprint density at radius 1 is 1.17 bits per heavy atom. The lowest BCUT2D eigenvalue weighted by atomic mass is 10.1. The molecule has 0 amide bonds. The SMILES string of the molecule is COC(=O)C(Br)CC(C(=O)OC)n1nnc(Cc2ccccc2)n1. The third-order valence-corrected chi connectivity index (χ3v) is 4.06. The number of methoxy groups -OCH3 is 2. The Labute approximate surface area is 147 Å². The van der Waals surface area contributed by atoms with Crippen LogP contribution in [0.15, 0.2) is 30.3 Å². The van der Waals surface area contributed by atoms with Gasteiger partial charge in [0.25, 0.3) is 0 Å². The first-order valence-corrected chi connectivity index (χ1v) is 8.08. The van der Waals surface area contributed by atoms with Crippen molar-refractivity contribution in [2.45, 2.75) is 23.7 Å². The van der Waals surface area contributed by atoms with E-state index in [0.29, 0.717) is 12.2 Å². The molecule has 2 rings (SSSR count). The van der Waals surface area contributed by atoms with Crippen LogP contribution in [0, 0.1) is 0 Å². The molecule has 0 saturated heterocycles. The fraction of sp³-hybridized carbons (Fsp3) is 0.400. The summed E-state index contributed by atoms with van der Waals surface area (Å²) < 4.78 is 9.41. The smallest absolute Gasteiger partial charge is 0.332 e. The van der Waals surface area contributed by atoms with Gasteiger partial charge in [-0.3, -0.25) is 4.79 Å². The fourth-order valence-corrected chi connectivity index (χ4v) is 2.62. The number of alkyl halides is 1. The van der Waals surface area contributed by atoms with Crippen LogP contribution in [0.5, 0.6) is 0 Å². The molecule has 0 aliphatic carbocycles. The Morgan fingerprint density at radius 3 is 2.46 bits per heavy atom. The minimum Gasteiger partial charge on any atom is -0.468 e. The number of ether oxygens (including phenoxy) is 2. The number of rotatable bonds is 7. The minimum absolute atomic E-state index is 0.0838. The number of benzene rings is 1. The van der Waals surface area contributed by atoms with Gasteiger partial charge in [-0.05, 0) is 10.8 Å². The highest BCUT2D eigenvalue weighted by Crippen LogP contribution is 2.20. The number of nitrogens with zero attached hydrogens (tertiary/aromatic N) is 4. The number of halogens is 1. The summed E-state index contributed by atoms with van der Waals surface area (Å²) in [5.41, 5.74) is 1.03. The van der Waals surface area contributed by atoms with E-state index >= 15 is 0 Å². The van der Waals surface area contributed by atoms with Gasteiger partial charge in [-0.1, -0.05) is 46.3 Å². The Kier molecular flexibility index (Phi) is 6.42. The number of hydrogen-bond donors (Lipinski definition) is 0. The van der Waals surface area contributed by atoms with Gasteiger partial charge < -0.3 is 9.47 Å². The predicted octanol–water partition coefficient (Wildman–Crippen LogP) is 1.30. The molecule has 1 heterocycles. The summed E-state index contributed by atoms with van der Waals surface area (Å²) in [5, 5.41) is 12.1. The van der Waals surface area contributed by atoms with E-state index in [2.05, 4.69) is 36.1 Å². The highest BCUT2D eigenvalue weighted by Gasteiger charge is 2.30. The van der Waals surface area contributed by atoms with Crippen molar-refractivity contribution >= 4 is 27.9 Å². The number of aromatic nitrogens is 4. The van der Waals surface area contributed by atoms with Crippen LogP contribution in [-0.4, -0.2) is 51.2 Å². The summed E-state index contributed by atoms with van der Waals surface area (Å²) in [7, 11) is 2.54. The Balaban J connectivity index is 2.15. The maximum atomic E-state index is 12.0. The van der Waals surface area contributed by atoms with Crippen molar-refractivity contribution in [1.82, 2.24) is 20.2 Å². The summed E-state index contributed by atoms with van der Waals surface area (Å²) in [6.07, 6.45) is 0.573. The third kappa shape index (κ3) is 4.60. The van der Waals surface area contributed by atoms with Crippen molar-refractivity contribution in [2.75, 3.05) is 14.2 Å². The zero-order valence-electron chi connectivity index (χ0n) is 13.3. The van der Waals surface area contributed by atoms with Crippen molar-refractivity contribution in [3.05, 3.63) is 41.7 Å². The highest BCUT2D eigenvalue weighted by molar-refractivity contribution is 9.10. The van der Waals surface area contributed by atoms with E-state index in [1.165, 1.54) is 19.0 Å². The van der Waals surface area contributed by atoms with Gasteiger partial charge in [0.2, 0.25) is 0 Å². The molecule has 0 radical (unpaired) electrons. The molecule has 2 aromatic rings. The summed E-state index contributed by atoms with van der Waals surface area (Å²) in [4.78, 5) is 24.0. The lowest BCUT2D eigenvalue weighted by Gasteiger charge is -2.15. The van der Waals surface area contributed by atoms with E-state index in [4.69, 9.17) is 4.74 Å². The molecule has 2 unspecified atom stereocenters. The molecular weight excluding hydrogens is 380 g/mol. The number of carbonyl (C=O) groups is 2. The molecular formula is C15H17BrN4O4. The van der Waals surface area contributed by atoms with Crippen LogP contribution in [0.2, 0.25) is 0 Å². The van der Waals surface area contributed by atoms with Crippen molar-refractivity contribution in [2.24, 2.45) is 0 Å². The number of tetrazole rings is 1. The van der Waals surface area contributed by atoms with Gasteiger partial charge in [0.1, 0.15) is 4.83 Å². The second kappa shape index (κ2) is 8.53. The zero-order valence-corrected chi connectivity index (χ0v) is 14.8. The summed E-state index contributed by atoms with van der Waals surface area (Å²) in [5.74, 6) is -0.583. The molecule has 8 nitrogen and oxygen atoms in total.